The van der Waals surface area contributed by atoms with Crippen molar-refractivity contribution in [1.82, 2.24) is 14.9 Å². The lowest BCUT2D eigenvalue weighted by atomic mass is 10.1. The van der Waals surface area contributed by atoms with Gasteiger partial charge in [0.05, 0.1) is 4.92 Å². The van der Waals surface area contributed by atoms with Gasteiger partial charge in [-0.25, -0.2) is 9.97 Å². The molecule has 124 valence electrons. The molecule has 0 aliphatic carbocycles. The van der Waals surface area contributed by atoms with Gasteiger partial charge in [0.25, 0.3) is 11.6 Å². The SMILES string of the molecule is O=C(c1ccc(Cl)c([N+](=O)[O-])c1)N1CCN(c2ncccn2)CC1. The van der Waals surface area contributed by atoms with Gasteiger partial charge in [0.2, 0.25) is 5.95 Å². The van der Waals surface area contributed by atoms with E-state index in [2.05, 4.69) is 9.97 Å². The molecule has 0 radical (unpaired) electrons. The van der Waals surface area contributed by atoms with Gasteiger partial charge in [-0.15, -0.1) is 0 Å². The third-order valence-corrected chi connectivity index (χ3v) is 4.11. The van der Waals surface area contributed by atoms with Crippen LogP contribution in [0.2, 0.25) is 5.02 Å². The summed E-state index contributed by atoms with van der Waals surface area (Å²) in [6.45, 7) is 2.19. The third kappa shape index (κ3) is 3.28. The van der Waals surface area contributed by atoms with Gasteiger partial charge in [0.15, 0.2) is 0 Å². The molecule has 1 aromatic carbocycles. The topological polar surface area (TPSA) is 92.5 Å². The van der Waals surface area contributed by atoms with Crippen molar-refractivity contribution in [3.05, 3.63) is 57.4 Å². The van der Waals surface area contributed by atoms with Crippen LogP contribution < -0.4 is 4.90 Å². The van der Waals surface area contributed by atoms with Crippen molar-refractivity contribution >= 4 is 29.1 Å². The molecule has 2 aromatic rings. The van der Waals surface area contributed by atoms with E-state index in [1.54, 1.807) is 23.4 Å². The zero-order chi connectivity index (χ0) is 17.1. The second-order valence-electron chi connectivity index (χ2n) is 5.25. The number of benzene rings is 1. The molecular formula is C15H14ClN5O3. The molecule has 9 heteroatoms. The zero-order valence-electron chi connectivity index (χ0n) is 12.6. The molecule has 0 unspecified atom stereocenters. The summed E-state index contributed by atoms with van der Waals surface area (Å²) < 4.78 is 0. The lowest BCUT2D eigenvalue weighted by Gasteiger charge is -2.34. The van der Waals surface area contributed by atoms with Gasteiger partial charge in [-0.3, -0.25) is 14.9 Å². The molecule has 1 aromatic heterocycles. The predicted octanol–water partition coefficient (Wildman–Crippen LogP) is 2.00. The summed E-state index contributed by atoms with van der Waals surface area (Å²) in [6.07, 6.45) is 3.35. The van der Waals surface area contributed by atoms with Crippen molar-refractivity contribution in [2.75, 3.05) is 31.1 Å². The summed E-state index contributed by atoms with van der Waals surface area (Å²) in [5.74, 6) is 0.384. The maximum absolute atomic E-state index is 12.5. The first-order valence-corrected chi connectivity index (χ1v) is 7.69. The van der Waals surface area contributed by atoms with E-state index in [-0.39, 0.29) is 22.2 Å². The Morgan fingerprint density at radius 3 is 2.46 bits per heavy atom. The van der Waals surface area contributed by atoms with Crippen molar-refractivity contribution in [2.45, 2.75) is 0 Å². The fourth-order valence-corrected chi connectivity index (χ4v) is 2.72. The van der Waals surface area contributed by atoms with Crippen LogP contribution in [-0.4, -0.2) is 51.9 Å². The molecule has 2 heterocycles. The van der Waals surface area contributed by atoms with Crippen LogP contribution in [0.1, 0.15) is 10.4 Å². The number of nitrogens with zero attached hydrogens (tertiary/aromatic N) is 5. The maximum atomic E-state index is 12.5. The molecule has 0 saturated carbocycles. The monoisotopic (exact) mass is 347 g/mol. The number of carbonyl (C=O) groups excluding carboxylic acids is 1. The Bertz CT molecular complexity index is 763. The van der Waals surface area contributed by atoms with Gasteiger partial charge in [0.1, 0.15) is 5.02 Å². The molecule has 24 heavy (non-hydrogen) atoms. The van der Waals surface area contributed by atoms with Gasteiger partial charge >= 0.3 is 0 Å². The Morgan fingerprint density at radius 1 is 1.17 bits per heavy atom. The van der Waals surface area contributed by atoms with Crippen LogP contribution >= 0.6 is 11.6 Å². The van der Waals surface area contributed by atoms with Crippen LogP contribution in [0, 0.1) is 10.1 Å². The minimum atomic E-state index is -0.593. The Kier molecular flexibility index (Phi) is 4.57. The predicted molar refractivity (Wildman–Crippen MR) is 88.3 cm³/mol. The quantitative estimate of drug-likeness (QED) is 0.622. The third-order valence-electron chi connectivity index (χ3n) is 3.79. The molecular weight excluding hydrogens is 334 g/mol. The van der Waals surface area contributed by atoms with Gasteiger partial charge < -0.3 is 9.80 Å². The van der Waals surface area contributed by atoms with Crippen LogP contribution in [0.5, 0.6) is 0 Å². The number of rotatable bonds is 3. The standard InChI is InChI=1S/C15H14ClN5O3/c16-12-3-2-11(10-13(12)21(23)24)14(22)19-6-8-20(9-7-19)15-17-4-1-5-18-15/h1-5,10H,6-9H2. The van der Waals surface area contributed by atoms with E-state index >= 15 is 0 Å². The van der Waals surface area contributed by atoms with E-state index in [9.17, 15) is 14.9 Å². The highest BCUT2D eigenvalue weighted by atomic mass is 35.5. The number of anilines is 1. The van der Waals surface area contributed by atoms with Crippen LogP contribution in [-0.2, 0) is 0 Å². The molecule has 1 fully saturated rings. The van der Waals surface area contributed by atoms with Crippen LogP contribution in [0.3, 0.4) is 0 Å². The van der Waals surface area contributed by atoms with E-state index in [1.165, 1.54) is 18.2 Å². The van der Waals surface area contributed by atoms with Crippen molar-refractivity contribution in [1.29, 1.82) is 0 Å². The van der Waals surface area contributed by atoms with Gasteiger partial charge in [-0.1, -0.05) is 11.6 Å². The number of nitro groups is 1. The molecule has 0 spiro atoms. The molecule has 0 bridgehead atoms. The Morgan fingerprint density at radius 2 is 1.83 bits per heavy atom. The summed E-state index contributed by atoms with van der Waals surface area (Å²) in [5.41, 5.74) is -0.00523. The van der Waals surface area contributed by atoms with Crippen molar-refractivity contribution < 1.29 is 9.72 Å². The van der Waals surface area contributed by atoms with E-state index in [1.807, 2.05) is 4.90 Å². The first kappa shape index (κ1) is 16.1. The van der Waals surface area contributed by atoms with E-state index in [4.69, 9.17) is 11.6 Å². The van der Waals surface area contributed by atoms with E-state index in [0.717, 1.165) is 0 Å². The fourth-order valence-electron chi connectivity index (χ4n) is 2.53. The molecule has 3 rings (SSSR count). The number of amides is 1. The first-order chi connectivity index (χ1) is 11.6. The Balaban J connectivity index is 1.69. The average molecular weight is 348 g/mol. The lowest BCUT2D eigenvalue weighted by Crippen LogP contribution is -2.49. The second-order valence-corrected chi connectivity index (χ2v) is 5.66. The number of piperazine rings is 1. The van der Waals surface area contributed by atoms with Crippen LogP contribution in [0.4, 0.5) is 11.6 Å². The van der Waals surface area contributed by atoms with Gasteiger partial charge in [-0.2, -0.15) is 0 Å². The normalized spacial score (nSPS) is 14.5. The molecule has 1 aliphatic heterocycles. The van der Waals surface area contributed by atoms with Crippen molar-refractivity contribution in [2.24, 2.45) is 0 Å². The number of carbonyl (C=O) groups is 1. The largest absolute Gasteiger partial charge is 0.337 e. The summed E-state index contributed by atoms with van der Waals surface area (Å²) in [5, 5.41) is 11.0. The summed E-state index contributed by atoms with van der Waals surface area (Å²) >= 11 is 5.78. The number of halogens is 1. The Labute approximate surface area is 142 Å². The number of hydrogen-bond acceptors (Lipinski definition) is 6. The van der Waals surface area contributed by atoms with Crippen molar-refractivity contribution in [3.8, 4) is 0 Å². The summed E-state index contributed by atoms with van der Waals surface area (Å²) in [6, 6.07) is 5.85. The van der Waals surface area contributed by atoms with Crippen LogP contribution in [0.25, 0.3) is 0 Å². The molecule has 1 aliphatic rings. The summed E-state index contributed by atoms with van der Waals surface area (Å²) in [7, 11) is 0. The van der Waals surface area contributed by atoms with E-state index < -0.39 is 4.92 Å². The molecule has 0 N–H and O–H groups in total. The minimum Gasteiger partial charge on any atom is -0.337 e. The highest BCUT2D eigenvalue weighted by Gasteiger charge is 2.25. The minimum absolute atomic E-state index is 0.0163. The Hall–Kier alpha value is -2.74. The average Bonchev–Trinajstić information content (AvgIpc) is 2.62. The maximum Gasteiger partial charge on any atom is 0.288 e. The first-order valence-electron chi connectivity index (χ1n) is 7.31. The summed E-state index contributed by atoms with van der Waals surface area (Å²) in [4.78, 5) is 34.9. The zero-order valence-corrected chi connectivity index (χ0v) is 13.4. The molecule has 0 atom stereocenters. The van der Waals surface area contributed by atoms with E-state index in [0.29, 0.717) is 32.1 Å². The lowest BCUT2D eigenvalue weighted by molar-refractivity contribution is -0.384. The number of nitro benzene ring substituents is 1. The molecule has 1 saturated heterocycles. The van der Waals surface area contributed by atoms with Crippen LogP contribution in [0.15, 0.2) is 36.7 Å². The smallest absolute Gasteiger partial charge is 0.288 e. The molecule has 8 nitrogen and oxygen atoms in total. The highest BCUT2D eigenvalue weighted by molar-refractivity contribution is 6.32. The van der Waals surface area contributed by atoms with Gasteiger partial charge in [0, 0.05) is 50.2 Å². The van der Waals surface area contributed by atoms with Crippen molar-refractivity contribution in [3.63, 3.8) is 0 Å². The van der Waals surface area contributed by atoms with Gasteiger partial charge in [-0.05, 0) is 18.2 Å². The fraction of sp³-hybridized carbons (Fsp3) is 0.267. The number of aromatic nitrogens is 2. The molecule has 1 amide bonds. The number of hydrogen-bond donors (Lipinski definition) is 0. The highest BCUT2D eigenvalue weighted by Crippen LogP contribution is 2.26. The second kappa shape index (κ2) is 6.79.